The van der Waals surface area contributed by atoms with Crippen LogP contribution in [0.2, 0.25) is 0 Å². The number of likely N-dealkylation sites (tertiary alicyclic amines) is 1. The summed E-state index contributed by atoms with van der Waals surface area (Å²) in [4.78, 5) is 37.7. The summed E-state index contributed by atoms with van der Waals surface area (Å²) in [6.45, 7) is 3.52. The second-order valence-corrected chi connectivity index (χ2v) is 7.62. The van der Waals surface area contributed by atoms with Gasteiger partial charge in [0.15, 0.2) is 5.82 Å². The molecule has 7 heteroatoms. The van der Waals surface area contributed by atoms with Crippen molar-refractivity contribution in [2.24, 2.45) is 0 Å². The molecular formula is C22H26N4O3. The lowest BCUT2D eigenvalue weighted by atomic mass is 10.0. The maximum Gasteiger partial charge on any atom is 0.227 e. The minimum Gasteiger partial charge on any atom is -0.496 e. The highest BCUT2D eigenvalue weighted by atomic mass is 16.5. The molecule has 1 fully saturated rings. The van der Waals surface area contributed by atoms with Crippen LogP contribution in [0, 0.1) is 0 Å². The molecule has 0 radical (unpaired) electrons. The fraction of sp³-hybridized carbons (Fsp3) is 0.455. The number of nitrogens with zero attached hydrogens (tertiary/aromatic N) is 4. The molecule has 0 saturated carbocycles. The van der Waals surface area contributed by atoms with Gasteiger partial charge in [0.2, 0.25) is 11.8 Å². The van der Waals surface area contributed by atoms with Crippen molar-refractivity contribution in [1.29, 1.82) is 0 Å². The quantitative estimate of drug-likeness (QED) is 0.795. The first-order chi connectivity index (χ1) is 14.1. The molecule has 0 aliphatic carbocycles. The van der Waals surface area contributed by atoms with Crippen molar-refractivity contribution >= 4 is 11.8 Å². The Kier molecular flexibility index (Phi) is 5.47. The highest BCUT2D eigenvalue weighted by molar-refractivity contribution is 5.79. The predicted octanol–water partition coefficient (Wildman–Crippen LogP) is 2.30. The van der Waals surface area contributed by atoms with E-state index in [1.807, 2.05) is 40.3 Å². The molecule has 2 aliphatic heterocycles. The molecule has 1 aromatic carbocycles. The third kappa shape index (κ3) is 3.95. The van der Waals surface area contributed by atoms with Crippen LogP contribution in [-0.4, -0.2) is 51.8 Å². The molecular weight excluding hydrogens is 368 g/mol. The summed E-state index contributed by atoms with van der Waals surface area (Å²) < 4.78 is 5.36. The molecule has 3 heterocycles. The Morgan fingerprint density at radius 1 is 1.24 bits per heavy atom. The van der Waals surface area contributed by atoms with Crippen LogP contribution < -0.4 is 4.74 Å². The van der Waals surface area contributed by atoms with Crippen molar-refractivity contribution < 1.29 is 14.3 Å². The van der Waals surface area contributed by atoms with Crippen LogP contribution in [0.25, 0.3) is 0 Å². The Bertz CT molecular complexity index is 930. The van der Waals surface area contributed by atoms with E-state index in [4.69, 9.17) is 9.72 Å². The molecule has 2 aliphatic rings. The van der Waals surface area contributed by atoms with Gasteiger partial charge >= 0.3 is 0 Å². The minimum absolute atomic E-state index is 0.0250. The number of aromatic nitrogens is 2. The summed E-state index contributed by atoms with van der Waals surface area (Å²) in [6.07, 6.45) is 4.73. The number of benzene rings is 1. The van der Waals surface area contributed by atoms with Gasteiger partial charge in [-0.2, -0.15) is 0 Å². The summed E-state index contributed by atoms with van der Waals surface area (Å²) in [5, 5.41) is 0. The molecule has 0 unspecified atom stereocenters. The van der Waals surface area contributed by atoms with Crippen molar-refractivity contribution in [2.45, 2.75) is 45.2 Å². The van der Waals surface area contributed by atoms with Gasteiger partial charge in [0.05, 0.1) is 25.3 Å². The molecule has 0 bridgehead atoms. The largest absolute Gasteiger partial charge is 0.496 e. The molecule has 7 nitrogen and oxygen atoms in total. The molecule has 2 aromatic rings. The number of ether oxygens (including phenoxy) is 1. The molecule has 152 valence electrons. The topological polar surface area (TPSA) is 75.6 Å². The third-order valence-corrected chi connectivity index (χ3v) is 5.79. The van der Waals surface area contributed by atoms with E-state index >= 15 is 0 Å². The lowest BCUT2D eigenvalue weighted by molar-refractivity contribution is -0.131. The van der Waals surface area contributed by atoms with E-state index < -0.39 is 0 Å². The van der Waals surface area contributed by atoms with Crippen molar-refractivity contribution in [3.8, 4) is 5.75 Å². The first-order valence-electron chi connectivity index (χ1n) is 10.1. The Morgan fingerprint density at radius 3 is 2.86 bits per heavy atom. The van der Waals surface area contributed by atoms with Gasteiger partial charge in [-0.3, -0.25) is 9.59 Å². The van der Waals surface area contributed by atoms with Crippen LogP contribution in [0.4, 0.5) is 0 Å². The van der Waals surface area contributed by atoms with Gasteiger partial charge in [-0.1, -0.05) is 18.2 Å². The number of carbonyl (C=O) groups excluding carboxylic acids is 2. The highest BCUT2D eigenvalue weighted by Gasteiger charge is 2.31. The second-order valence-electron chi connectivity index (χ2n) is 7.62. The van der Waals surface area contributed by atoms with Crippen molar-refractivity contribution in [3.63, 3.8) is 0 Å². The zero-order valence-corrected chi connectivity index (χ0v) is 16.9. The SMILES string of the molecule is COc1ccccc1CC(=O)N1CCc2nc([C@@H]3CCCN3C(C)=O)ncc2C1. The van der Waals surface area contributed by atoms with Gasteiger partial charge in [-0.05, 0) is 18.9 Å². The van der Waals surface area contributed by atoms with Gasteiger partial charge in [0.1, 0.15) is 5.75 Å². The number of methoxy groups -OCH3 is 1. The van der Waals surface area contributed by atoms with E-state index in [1.54, 1.807) is 14.0 Å². The van der Waals surface area contributed by atoms with Gasteiger partial charge in [0, 0.05) is 50.3 Å². The van der Waals surface area contributed by atoms with Crippen molar-refractivity contribution in [3.05, 3.63) is 53.1 Å². The zero-order valence-electron chi connectivity index (χ0n) is 16.9. The van der Waals surface area contributed by atoms with Gasteiger partial charge < -0.3 is 14.5 Å². The van der Waals surface area contributed by atoms with E-state index in [0.29, 0.717) is 25.9 Å². The summed E-state index contributed by atoms with van der Waals surface area (Å²) >= 11 is 0. The molecule has 1 aromatic heterocycles. The second kappa shape index (κ2) is 8.19. The summed E-state index contributed by atoms with van der Waals surface area (Å²) in [5.41, 5.74) is 2.87. The highest BCUT2D eigenvalue weighted by Crippen LogP contribution is 2.31. The number of rotatable bonds is 4. The number of fused-ring (bicyclic) bond motifs is 1. The van der Waals surface area contributed by atoms with Crippen LogP contribution in [0.15, 0.2) is 30.5 Å². The van der Waals surface area contributed by atoms with Gasteiger partial charge in [-0.15, -0.1) is 0 Å². The van der Waals surface area contributed by atoms with E-state index in [1.165, 1.54) is 0 Å². The standard InChI is InChI=1S/C22H26N4O3/c1-15(27)26-10-5-7-19(26)22-23-13-17-14-25(11-9-18(17)24-22)21(28)12-16-6-3-4-8-20(16)29-2/h3-4,6,8,13,19H,5,7,9-12,14H2,1-2H3/t19-/m0/s1. The number of hydrogen-bond donors (Lipinski definition) is 0. The fourth-order valence-electron chi connectivity index (χ4n) is 4.24. The van der Waals surface area contributed by atoms with Crippen LogP contribution in [0.5, 0.6) is 5.75 Å². The molecule has 0 N–H and O–H groups in total. The molecule has 1 atom stereocenters. The summed E-state index contributed by atoms with van der Waals surface area (Å²) in [7, 11) is 1.62. The summed E-state index contributed by atoms with van der Waals surface area (Å²) in [5.74, 6) is 1.60. The Morgan fingerprint density at radius 2 is 2.07 bits per heavy atom. The Labute approximate surface area is 170 Å². The predicted molar refractivity (Wildman–Crippen MR) is 107 cm³/mol. The molecule has 0 spiro atoms. The Hall–Kier alpha value is -2.96. The zero-order chi connectivity index (χ0) is 20.4. The molecule has 2 amide bonds. The third-order valence-electron chi connectivity index (χ3n) is 5.79. The number of amides is 2. The van der Waals surface area contributed by atoms with Crippen LogP contribution in [0.3, 0.4) is 0 Å². The maximum atomic E-state index is 12.8. The number of para-hydroxylation sites is 1. The first-order valence-corrected chi connectivity index (χ1v) is 10.1. The minimum atomic E-state index is -0.0250. The van der Waals surface area contributed by atoms with Crippen molar-refractivity contribution in [1.82, 2.24) is 19.8 Å². The molecule has 4 rings (SSSR count). The summed E-state index contributed by atoms with van der Waals surface area (Å²) in [6, 6.07) is 7.59. The maximum absolute atomic E-state index is 12.8. The lowest BCUT2D eigenvalue weighted by Gasteiger charge is -2.29. The van der Waals surface area contributed by atoms with E-state index in [2.05, 4.69) is 4.98 Å². The Balaban J connectivity index is 1.46. The van der Waals surface area contributed by atoms with Gasteiger partial charge in [-0.25, -0.2) is 9.97 Å². The van der Waals surface area contributed by atoms with E-state index in [-0.39, 0.29) is 17.9 Å². The van der Waals surface area contributed by atoms with E-state index in [0.717, 1.165) is 47.8 Å². The van der Waals surface area contributed by atoms with Crippen LogP contribution >= 0.6 is 0 Å². The lowest BCUT2D eigenvalue weighted by Crippen LogP contribution is -2.38. The smallest absolute Gasteiger partial charge is 0.227 e. The average molecular weight is 394 g/mol. The first kappa shape index (κ1) is 19.4. The van der Waals surface area contributed by atoms with Gasteiger partial charge in [0.25, 0.3) is 0 Å². The van der Waals surface area contributed by atoms with Crippen molar-refractivity contribution in [2.75, 3.05) is 20.2 Å². The van der Waals surface area contributed by atoms with Crippen LogP contribution in [0.1, 0.15) is 48.5 Å². The number of hydrogen-bond acceptors (Lipinski definition) is 5. The average Bonchev–Trinajstić information content (AvgIpc) is 3.23. The molecule has 1 saturated heterocycles. The monoisotopic (exact) mass is 394 g/mol. The normalized spacial score (nSPS) is 18.5. The molecule has 29 heavy (non-hydrogen) atoms. The van der Waals surface area contributed by atoms with E-state index in [9.17, 15) is 9.59 Å². The fourth-order valence-corrected chi connectivity index (χ4v) is 4.24. The number of carbonyl (C=O) groups is 2. The van der Waals surface area contributed by atoms with Crippen LogP contribution in [-0.2, 0) is 29.0 Å².